The van der Waals surface area contributed by atoms with Gasteiger partial charge in [-0.25, -0.2) is 4.39 Å². The van der Waals surface area contributed by atoms with Crippen LogP contribution in [0.25, 0.3) is 0 Å². The highest BCUT2D eigenvalue weighted by Crippen LogP contribution is 2.27. The molecule has 1 aromatic carbocycles. The number of likely N-dealkylation sites (tertiary alicyclic amines) is 1. The Morgan fingerprint density at radius 1 is 1.36 bits per heavy atom. The summed E-state index contributed by atoms with van der Waals surface area (Å²) < 4.78 is 19.9. The number of amides is 1. The molecule has 4 nitrogen and oxygen atoms in total. The van der Waals surface area contributed by atoms with Crippen LogP contribution in [-0.4, -0.2) is 41.1 Å². The molecule has 1 fully saturated rings. The summed E-state index contributed by atoms with van der Waals surface area (Å²) in [6.45, 7) is 4.66. The van der Waals surface area contributed by atoms with E-state index in [-0.39, 0.29) is 23.6 Å². The van der Waals surface area contributed by atoms with Crippen LogP contribution in [0.15, 0.2) is 61.4 Å². The number of pyridine rings is 1. The minimum atomic E-state index is -0.596. The van der Waals surface area contributed by atoms with E-state index in [2.05, 4.69) is 11.6 Å². The zero-order chi connectivity index (χ0) is 17.6. The number of halogens is 1. The van der Waals surface area contributed by atoms with E-state index in [1.807, 2.05) is 30.3 Å². The van der Waals surface area contributed by atoms with Crippen LogP contribution in [0.2, 0.25) is 0 Å². The summed E-state index contributed by atoms with van der Waals surface area (Å²) in [6.07, 6.45) is 5.51. The molecule has 0 spiro atoms. The van der Waals surface area contributed by atoms with E-state index < -0.39 is 5.82 Å². The zero-order valence-electron chi connectivity index (χ0n) is 14.0. The lowest BCUT2D eigenvalue weighted by Gasteiger charge is -2.28. The van der Waals surface area contributed by atoms with Gasteiger partial charge in [-0.3, -0.25) is 9.78 Å². The van der Waals surface area contributed by atoms with Gasteiger partial charge in [0.2, 0.25) is 0 Å². The highest BCUT2D eigenvalue weighted by atomic mass is 19.1. The van der Waals surface area contributed by atoms with Gasteiger partial charge in [-0.05, 0) is 24.5 Å². The van der Waals surface area contributed by atoms with Crippen molar-refractivity contribution < 1.29 is 13.9 Å². The molecule has 0 aliphatic carbocycles. The minimum absolute atomic E-state index is 0.0532. The first-order valence-electron chi connectivity index (χ1n) is 8.37. The molecule has 2 atom stereocenters. The highest BCUT2D eigenvalue weighted by molar-refractivity contribution is 5.94. The number of rotatable bonds is 6. The lowest BCUT2D eigenvalue weighted by molar-refractivity contribution is 0.0378. The van der Waals surface area contributed by atoms with Gasteiger partial charge in [0.15, 0.2) is 5.82 Å². The summed E-state index contributed by atoms with van der Waals surface area (Å²) in [6, 6.07) is 11.2. The Hall–Kier alpha value is -2.53. The smallest absolute Gasteiger partial charge is 0.257 e. The molecule has 1 amide bonds. The average molecular weight is 340 g/mol. The lowest BCUT2D eigenvalue weighted by atomic mass is 10.0. The van der Waals surface area contributed by atoms with E-state index in [1.165, 1.54) is 12.3 Å². The fraction of sp³-hybridized carbons (Fsp3) is 0.300. The second kappa shape index (κ2) is 8.03. The molecule has 0 bridgehead atoms. The van der Waals surface area contributed by atoms with Crippen molar-refractivity contribution in [1.82, 2.24) is 9.88 Å². The van der Waals surface area contributed by atoms with Gasteiger partial charge in [-0.15, -0.1) is 6.58 Å². The number of carbonyl (C=O) groups excluding carboxylic acids is 1. The average Bonchev–Trinajstić information content (AvgIpc) is 3.03. The van der Waals surface area contributed by atoms with Crippen LogP contribution < -0.4 is 0 Å². The first-order chi connectivity index (χ1) is 12.2. The molecule has 2 aromatic rings. The van der Waals surface area contributed by atoms with Crippen LogP contribution in [0.1, 0.15) is 22.3 Å². The van der Waals surface area contributed by atoms with Crippen LogP contribution in [0.3, 0.4) is 0 Å². The fourth-order valence-electron chi connectivity index (χ4n) is 3.26. The van der Waals surface area contributed by atoms with Gasteiger partial charge in [-0.2, -0.15) is 0 Å². The van der Waals surface area contributed by atoms with Crippen LogP contribution in [0.5, 0.6) is 0 Å². The molecule has 5 heteroatoms. The Balaban J connectivity index is 1.84. The van der Waals surface area contributed by atoms with E-state index in [1.54, 1.807) is 11.0 Å². The molecule has 3 rings (SSSR count). The van der Waals surface area contributed by atoms with Crippen molar-refractivity contribution >= 4 is 5.91 Å². The summed E-state index contributed by atoms with van der Waals surface area (Å²) >= 11 is 0. The van der Waals surface area contributed by atoms with E-state index in [9.17, 15) is 9.18 Å². The van der Waals surface area contributed by atoms with Crippen molar-refractivity contribution in [2.24, 2.45) is 0 Å². The molecule has 1 aliphatic heterocycles. The van der Waals surface area contributed by atoms with Crippen molar-refractivity contribution in [3.05, 3.63) is 78.4 Å². The SMILES string of the molecule is C=CCO[C@@H]1CCN(C(=O)c2ccncc2F)[C@H]1Cc1ccccc1. The summed E-state index contributed by atoms with van der Waals surface area (Å²) in [4.78, 5) is 18.3. The van der Waals surface area contributed by atoms with Gasteiger partial charge in [-0.1, -0.05) is 36.4 Å². The lowest BCUT2D eigenvalue weighted by Crippen LogP contribution is -2.42. The van der Waals surface area contributed by atoms with Gasteiger partial charge in [0.25, 0.3) is 5.91 Å². The normalized spacial score (nSPS) is 19.8. The molecule has 0 radical (unpaired) electrons. The summed E-state index contributed by atoms with van der Waals surface area (Å²) in [5, 5.41) is 0. The molecule has 1 aromatic heterocycles. The fourth-order valence-corrected chi connectivity index (χ4v) is 3.26. The van der Waals surface area contributed by atoms with Crippen LogP contribution in [-0.2, 0) is 11.2 Å². The number of hydrogen-bond acceptors (Lipinski definition) is 3. The summed E-state index contributed by atoms with van der Waals surface area (Å²) in [7, 11) is 0. The standard InChI is InChI=1S/C20H21FN2O2/c1-2-12-25-19-9-11-23(18(19)13-15-6-4-3-5-7-15)20(24)16-8-10-22-14-17(16)21/h2-8,10,14,18-19H,1,9,11-13H2/t18-,19+/m0/s1. The van der Waals surface area contributed by atoms with Crippen molar-refractivity contribution in [1.29, 1.82) is 0 Å². The predicted octanol–water partition coefficient (Wildman–Crippen LogP) is 3.25. The zero-order valence-corrected chi connectivity index (χ0v) is 14.0. The summed E-state index contributed by atoms with van der Waals surface area (Å²) in [5.74, 6) is -0.910. The molecular formula is C20H21FN2O2. The monoisotopic (exact) mass is 340 g/mol. The third-order valence-corrected chi connectivity index (χ3v) is 4.46. The molecule has 0 unspecified atom stereocenters. The van der Waals surface area contributed by atoms with Crippen molar-refractivity contribution in [3.63, 3.8) is 0 Å². The highest BCUT2D eigenvalue weighted by Gasteiger charge is 2.38. The Kier molecular flexibility index (Phi) is 5.56. The summed E-state index contributed by atoms with van der Waals surface area (Å²) in [5.41, 5.74) is 1.17. The Labute approximate surface area is 146 Å². The van der Waals surface area contributed by atoms with Crippen molar-refractivity contribution in [2.45, 2.75) is 25.0 Å². The van der Waals surface area contributed by atoms with Crippen molar-refractivity contribution in [3.8, 4) is 0 Å². The minimum Gasteiger partial charge on any atom is -0.372 e. The Morgan fingerprint density at radius 2 is 2.16 bits per heavy atom. The number of benzene rings is 1. The van der Waals surface area contributed by atoms with Crippen LogP contribution >= 0.6 is 0 Å². The topological polar surface area (TPSA) is 42.4 Å². The molecule has 130 valence electrons. The third-order valence-electron chi connectivity index (χ3n) is 4.46. The third kappa shape index (κ3) is 3.94. The Morgan fingerprint density at radius 3 is 2.88 bits per heavy atom. The van der Waals surface area contributed by atoms with Gasteiger partial charge < -0.3 is 9.64 Å². The number of hydrogen-bond donors (Lipinski definition) is 0. The molecule has 25 heavy (non-hydrogen) atoms. The maximum absolute atomic E-state index is 14.0. The van der Waals surface area contributed by atoms with Crippen LogP contribution in [0, 0.1) is 5.82 Å². The number of aromatic nitrogens is 1. The number of carbonyl (C=O) groups is 1. The maximum atomic E-state index is 14.0. The molecule has 2 heterocycles. The van der Waals surface area contributed by atoms with Gasteiger partial charge in [0.1, 0.15) is 0 Å². The Bertz CT molecular complexity index is 735. The molecule has 1 saturated heterocycles. The van der Waals surface area contributed by atoms with Gasteiger partial charge in [0.05, 0.1) is 30.5 Å². The molecule has 0 N–H and O–H groups in total. The van der Waals surface area contributed by atoms with Gasteiger partial charge >= 0.3 is 0 Å². The van der Waals surface area contributed by atoms with E-state index in [0.29, 0.717) is 19.6 Å². The van der Waals surface area contributed by atoms with Crippen molar-refractivity contribution in [2.75, 3.05) is 13.2 Å². The van der Waals surface area contributed by atoms with Crippen LogP contribution in [0.4, 0.5) is 4.39 Å². The predicted molar refractivity (Wildman–Crippen MR) is 93.7 cm³/mol. The quantitative estimate of drug-likeness (QED) is 0.758. The van der Waals surface area contributed by atoms with E-state index in [4.69, 9.17) is 4.74 Å². The first-order valence-corrected chi connectivity index (χ1v) is 8.37. The maximum Gasteiger partial charge on any atom is 0.257 e. The molecule has 0 saturated carbocycles. The second-order valence-electron chi connectivity index (χ2n) is 6.06. The number of ether oxygens (including phenoxy) is 1. The number of nitrogens with zero attached hydrogens (tertiary/aromatic N) is 2. The largest absolute Gasteiger partial charge is 0.372 e. The van der Waals surface area contributed by atoms with E-state index >= 15 is 0 Å². The second-order valence-corrected chi connectivity index (χ2v) is 6.06. The molecular weight excluding hydrogens is 319 g/mol. The van der Waals surface area contributed by atoms with E-state index in [0.717, 1.165) is 18.2 Å². The van der Waals surface area contributed by atoms with Gasteiger partial charge in [0, 0.05) is 12.7 Å². The molecule has 1 aliphatic rings. The first kappa shape index (κ1) is 17.3.